The van der Waals surface area contributed by atoms with E-state index in [1.165, 1.54) is 25.7 Å². The summed E-state index contributed by atoms with van der Waals surface area (Å²) in [7, 11) is 0. The molecule has 0 spiro atoms. The predicted octanol–water partition coefficient (Wildman–Crippen LogP) is 5.41. The molecule has 0 aliphatic rings. The number of hydrogen-bond donors (Lipinski definition) is 0. The van der Waals surface area contributed by atoms with Crippen LogP contribution in [-0.4, -0.2) is 76.8 Å². The van der Waals surface area contributed by atoms with E-state index in [1.807, 2.05) is 27.7 Å². The molecule has 0 aromatic rings. The minimum Gasteiger partial charge on any atom is -0.379 e. The average molecular weight is 449 g/mol. The highest BCUT2D eigenvalue weighted by molar-refractivity contribution is 4.58. The average Bonchev–Trinajstić information content (AvgIpc) is 2.76. The molecule has 0 rings (SSSR count). The molecule has 0 aliphatic carbocycles. The molecule has 5 unspecified atom stereocenters. The lowest BCUT2D eigenvalue weighted by molar-refractivity contribution is -0.0994. The van der Waals surface area contributed by atoms with Crippen molar-refractivity contribution in [3.05, 3.63) is 0 Å². The topological polar surface area (TPSA) is 55.4 Å². The predicted molar refractivity (Wildman–Crippen MR) is 127 cm³/mol. The molecule has 0 radical (unpaired) electrons. The Morgan fingerprint density at radius 3 is 1.19 bits per heavy atom. The molecule has 0 aromatic carbocycles. The van der Waals surface area contributed by atoms with Gasteiger partial charge in [0.05, 0.1) is 63.6 Å². The molecule has 0 heterocycles. The van der Waals surface area contributed by atoms with Crippen LogP contribution >= 0.6 is 0 Å². The molecule has 0 fully saturated rings. The fourth-order valence-corrected chi connectivity index (χ4v) is 2.78. The van der Waals surface area contributed by atoms with Crippen LogP contribution in [0.3, 0.4) is 0 Å². The second kappa shape index (κ2) is 21.6. The second-order valence-electron chi connectivity index (χ2n) is 8.75. The first-order valence-electron chi connectivity index (χ1n) is 12.5. The van der Waals surface area contributed by atoms with Crippen molar-refractivity contribution in [2.75, 3.05) is 46.2 Å². The molecule has 188 valence electrons. The Morgan fingerprint density at radius 1 is 0.419 bits per heavy atom. The second-order valence-corrected chi connectivity index (χ2v) is 8.75. The van der Waals surface area contributed by atoms with E-state index in [0.717, 1.165) is 26.1 Å². The van der Waals surface area contributed by atoms with Crippen LogP contribution in [0.1, 0.15) is 87.0 Å². The van der Waals surface area contributed by atoms with Gasteiger partial charge in [0, 0.05) is 13.2 Å². The molecule has 0 saturated heterocycles. The van der Waals surface area contributed by atoms with Crippen molar-refractivity contribution < 1.29 is 28.4 Å². The van der Waals surface area contributed by atoms with Crippen LogP contribution in [0.5, 0.6) is 0 Å². The van der Waals surface area contributed by atoms with Crippen LogP contribution in [0.15, 0.2) is 0 Å². The molecule has 6 heteroatoms. The summed E-state index contributed by atoms with van der Waals surface area (Å²) in [6, 6.07) is 0. The molecule has 0 saturated carbocycles. The Balaban J connectivity index is 3.68. The van der Waals surface area contributed by atoms with Crippen LogP contribution in [-0.2, 0) is 28.4 Å². The highest BCUT2D eigenvalue weighted by atomic mass is 16.6. The standard InChI is InChI=1S/C25H52O6/c1-8-10-12-14-26-16-21(3)28-18-23(5)30-20-25(7)31-19-24(6)29-17-22(4)27-15-13-11-9-2/h21-25H,8-20H2,1-7H3. The monoisotopic (exact) mass is 448 g/mol. The summed E-state index contributed by atoms with van der Waals surface area (Å²) in [4.78, 5) is 0. The van der Waals surface area contributed by atoms with Crippen LogP contribution in [0, 0.1) is 0 Å². The Kier molecular flexibility index (Phi) is 21.4. The van der Waals surface area contributed by atoms with Gasteiger partial charge in [0.1, 0.15) is 0 Å². The molecule has 6 nitrogen and oxygen atoms in total. The minimum absolute atomic E-state index is 0.00976. The van der Waals surface area contributed by atoms with Crippen LogP contribution in [0.2, 0.25) is 0 Å². The van der Waals surface area contributed by atoms with E-state index >= 15 is 0 Å². The van der Waals surface area contributed by atoms with Gasteiger partial charge < -0.3 is 28.4 Å². The SMILES string of the molecule is CCCCCOCC(C)OCC(C)OCC(C)OCC(C)OCC(C)OCCCCC. The van der Waals surface area contributed by atoms with E-state index in [2.05, 4.69) is 20.8 Å². The number of unbranched alkanes of at least 4 members (excludes halogenated alkanes) is 4. The first-order chi connectivity index (χ1) is 14.9. The van der Waals surface area contributed by atoms with E-state index in [-0.39, 0.29) is 30.5 Å². The van der Waals surface area contributed by atoms with E-state index in [0.29, 0.717) is 33.0 Å². The van der Waals surface area contributed by atoms with Crippen molar-refractivity contribution in [3.63, 3.8) is 0 Å². The third-order valence-electron chi connectivity index (χ3n) is 4.86. The van der Waals surface area contributed by atoms with E-state index in [1.54, 1.807) is 0 Å². The van der Waals surface area contributed by atoms with Crippen molar-refractivity contribution in [2.45, 2.75) is 118 Å². The highest BCUT2D eigenvalue weighted by Crippen LogP contribution is 2.04. The number of ether oxygens (including phenoxy) is 6. The first-order valence-corrected chi connectivity index (χ1v) is 12.5. The Bertz CT molecular complexity index is 368. The maximum atomic E-state index is 5.86. The van der Waals surface area contributed by atoms with Gasteiger partial charge in [-0.05, 0) is 47.5 Å². The summed E-state index contributed by atoms with van der Waals surface area (Å²) in [5, 5.41) is 0. The summed E-state index contributed by atoms with van der Waals surface area (Å²) < 4.78 is 34.8. The zero-order valence-corrected chi connectivity index (χ0v) is 21.5. The molecule has 31 heavy (non-hydrogen) atoms. The van der Waals surface area contributed by atoms with Gasteiger partial charge in [-0.25, -0.2) is 0 Å². The van der Waals surface area contributed by atoms with Gasteiger partial charge in [-0.1, -0.05) is 39.5 Å². The van der Waals surface area contributed by atoms with Gasteiger partial charge in [0.25, 0.3) is 0 Å². The first kappa shape index (κ1) is 30.8. The molecule has 0 amide bonds. The molecule has 0 aliphatic heterocycles. The number of rotatable bonds is 23. The summed E-state index contributed by atoms with van der Waals surface area (Å²) in [6.07, 6.45) is 7.36. The molecular formula is C25H52O6. The Labute approximate surface area is 192 Å². The lowest BCUT2D eigenvalue weighted by Crippen LogP contribution is -2.29. The minimum atomic E-state index is 0.00976. The fraction of sp³-hybridized carbons (Fsp3) is 1.00. The smallest absolute Gasteiger partial charge is 0.0781 e. The highest BCUT2D eigenvalue weighted by Gasteiger charge is 2.12. The van der Waals surface area contributed by atoms with Gasteiger partial charge in [-0.3, -0.25) is 0 Å². The molecule has 0 aromatic heterocycles. The van der Waals surface area contributed by atoms with E-state index < -0.39 is 0 Å². The van der Waals surface area contributed by atoms with Crippen molar-refractivity contribution in [3.8, 4) is 0 Å². The van der Waals surface area contributed by atoms with E-state index in [4.69, 9.17) is 28.4 Å². The Hall–Kier alpha value is -0.240. The third-order valence-corrected chi connectivity index (χ3v) is 4.86. The van der Waals surface area contributed by atoms with Crippen LogP contribution in [0.25, 0.3) is 0 Å². The number of hydrogen-bond acceptors (Lipinski definition) is 6. The summed E-state index contributed by atoms with van der Waals surface area (Å²) in [5.41, 5.74) is 0. The molecule has 0 bridgehead atoms. The fourth-order valence-electron chi connectivity index (χ4n) is 2.78. The van der Waals surface area contributed by atoms with Gasteiger partial charge in [-0.2, -0.15) is 0 Å². The lowest BCUT2D eigenvalue weighted by atomic mass is 10.3. The maximum Gasteiger partial charge on any atom is 0.0781 e. The third kappa shape index (κ3) is 21.4. The van der Waals surface area contributed by atoms with Crippen LogP contribution < -0.4 is 0 Å². The largest absolute Gasteiger partial charge is 0.379 e. The molecule has 5 atom stereocenters. The maximum absolute atomic E-state index is 5.86. The molecular weight excluding hydrogens is 396 g/mol. The van der Waals surface area contributed by atoms with Crippen LogP contribution in [0.4, 0.5) is 0 Å². The zero-order chi connectivity index (χ0) is 23.3. The van der Waals surface area contributed by atoms with Crippen molar-refractivity contribution in [1.29, 1.82) is 0 Å². The van der Waals surface area contributed by atoms with Crippen molar-refractivity contribution >= 4 is 0 Å². The lowest BCUT2D eigenvalue weighted by Gasteiger charge is -2.22. The van der Waals surface area contributed by atoms with Gasteiger partial charge in [0.2, 0.25) is 0 Å². The Morgan fingerprint density at radius 2 is 0.774 bits per heavy atom. The van der Waals surface area contributed by atoms with Gasteiger partial charge in [0.15, 0.2) is 0 Å². The van der Waals surface area contributed by atoms with E-state index in [9.17, 15) is 0 Å². The quantitative estimate of drug-likeness (QED) is 0.195. The summed E-state index contributed by atoms with van der Waals surface area (Å²) in [5.74, 6) is 0. The zero-order valence-electron chi connectivity index (χ0n) is 21.5. The summed E-state index contributed by atoms with van der Waals surface area (Å²) in [6.45, 7) is 19.0. The molecule has 0 N–H and O–H groups in total. The van der Waals surface area contributed by atoms with Crippen molar-refractivity contribution in [2.24, 2.45) is 0 Å². The van der Waals surface area contributed by atoms with Gasteiger partial charge >= 0.3 is 0 Å². The normalized spacial score (nSPS) is 16.7. The summed E-state index contributed by atoms with van der Waals surface area (Å²) >= 11 is 0. The van der Waals surface area contributed by atoms with Gasteiger partial charge in [-0.15, -0.1) is 0 Å². The van der Waals surface area contributed by atoms with Crippen molar-refractivity contribution in [1.82, 2.24) is 0 Å².